The van der Waals surface area contributed by atoms with E-state index in [1.165, 1.54) is 11.6 Å². The van der Waals surface area contributed by atoms with Crippen molar-refractivity contribution in [3.63, 3.8) is 0 Å². The van der Waals surface area contributed by atoms with Crippen molar-refractivity contribution >= 4 is 27.9 Å². The van der Waals surface area contributed by atoms with Gasteiger partial charge in [-0.2, -0.15) is 0 Å². The molecule has 0 N–H and O–H groups in total. The summed E-state index contributed by atoms with van der Waals surface area (Å²) in [6.45, 7) is 6.97. The summed E-state index contributed by atoms with van der Waals surface area (Å²) in [5.74, 6) is 0.918. The number of carbonyl (C=O) groups excluding carboxylic acids is 2. The maximum atomic E-state index is 12.9. The van der Waals surface area contributed by atoms with Crippen LogP contribution in [0.4, 0.5) is 0 Å². The van der Waals surface area contributed by atoms with Crippen LogP contribution in [0.25, 0.3) is 11.1 Å². The third-order valence-electron chi connectivity index (χ3n) is 7.93. The standard InChI is InChI=1S/C36H47BrN2O8/c1-6-44-32(40)17-13-21-47-31-16-12-15-26(30(31)18-19-33(41)45-7-2)14-10-8-9-11-20-46-29-23-27(22-28(37)24-29)34-25(3)38(4)36(43)39(5)35(34)42/h12,15-16,22-24H,6-11,13-14,17-21H2,1-5H3. The summed E-state index contributed by atoms with van der Waals surface area (Å²) in [4.78, 5) is 49.0. The van der Waals surface area contributed by atoms with Crippen LogP contribution in [0.5, 0.6) is 11.5 Å². The number of benzene rings is 2. The van der Waals surface area contributed by atoms with Crippen LogP contribution in [-0.4, -0.2) is 47.5 Å². The van der Waals surface area contributed by atoms with Crippen molar-refractivity contribution in [2.24, 2.45) is 14.1 Å². The molecule has 0 fully saturated rings. The Kier molecular flexibility index (Phi) is 15.3. The minimum absolute atomic E-state index is 0.234. The lowest BCUT2D eigenvalue weighted by Gasteiger charge is -2.16. The van der Waals surface area contributed by atoms with Crippen molar-refractivity contribution in [1.29, 1.82) is 0 Å². The maximum Gasteiger partial charge on any atom is 0.330 e. The fourth-order valence-electron chi connectivity index (χ4n) is 5.39. The van der Waals surface area contributed by atoms with Gasteiger partial charge in [0.05, 0.1) is 32.0 Å². The SMILES string of the molecule is CCOC(=O)CCCOc1cccc(CCCCCCOc2cc(Br)cc(-c3c(C)n(C)c(=O)n(C)c3=O)c2)c1CCC(=O)OCC. The van der Waals surface area contributed by atoms with E-state index >= 15 is 0 Å². The molecule has 1 aromatic heterocycles. The van der Waals surface area contributed by atoms with Crippen molar-refractivity contribution in [2.45, 2.75) is 78.6 Å². The minimum atomic E-state index is -0.362. The van der Waals surface area contributed by atoms with E-state index in [9.17, 15) is 19.2 Å². The normalized spacial score (nSPS) is 10.9. The molecule has 0 bridgehead atoms. The van der Waals surface area contributed by atoms with E-state index in [0.29, 0.717) is 68.3 Å². The second-order valence-electron chi connectivity index (χ2n) is 11.3. The van der Waals surface area contributed by atoms with Crippen molar-refractivity contribution in [2.75, 3.05) is 26.4 Å². The Labute approximate surface area is 285 Å². The first kappa shape index (κ1) is 37.6. The highest BCUT2D eigenvalue weighted by Crippen LogP contribution is 2.29. The lowest BCUT2D eigenvalue weighted by Crippen LogP contribution is -2.39. The third kappa shape index (κ3) is 11.1. The molecule has 0 aliphatic carbocycles. The lowest BCUT2D eigenvalue weighted by atomic mass is 9.96. The molecule has 0 amide bonds. The van der Waals surface area contributed by atoms with Crippen LogP contribution in [0.1, 0.15) is 75.6 Å². The van der Waals surface area contributed by atoms with E-state index in [-0.39, 0.29) is 29.6 Å². The van der Waals surface area contributed by atoms with Gasteiger partial charge >= 0.3 is 17.6 Å². The molecule has 2 aromatic carbocycles. The van der Waals surface area contributed by atoms with Crippen LogP contribution < -0.4 is 20.7 Å². The number of unbranched alkanes of at least 4 members (excludes halogenated alkanes) is 3. The van der Waals surface area contributed by atoms with Crippen molar-refractivity contribution in [3.05, 3.63) is 78.5 Å². The number of esters is 2. The highest BCUT2D eigenvalue weighted by Gasteiger charge is 2.16. The number of nitrogens with zero attached hydrogens (tertiary/aromatic N) is 2. The summed E-state index contributed by atoms with van der Waals surface area (Å²) in [5, 5.41) is 0. The first-order chi connectivity index (χ1) is 22.6. The minimum Gasteiger partial charge on any atom is -0.494 e. The van der Waals surface area contributed by atoms with Crippen LogP contribution in [0, 0.1) is 6.92 Å². The molecule has 0 saturated carbocycles. The van der Waals surface area contributed by atoms with E-state index in [2.05, 4.69) is 22.0 Å². The van der Waals surface area contributed by atoms with Crippen LogP contribution >= 0.6 is 15.9 Å². The smallest absolute Gasteiger partial charge is 0.330 e. The van der Waals surface area contributed by atoms with Gasteiger partial charge in [-0.1, -0.05) is 40.9 Å². The number of hydrogen-bond acceptors (Lipinski definition) is 8. The van der Waals surface area contributed by atoms with Crippen LogP contribution in [0.2, 0.25) is 0 Å². The van der Waals surface area contributed by atoms with Gasteiger partial charge in [0.15, 0.2) is 0 Å². The Morgan fingerprint density at radius 1 is 0.787 bits per heavy atom. The van der Waals surface area contributed by atoms with E-state index in [0.717, 1.165) is 58.0 Å². The number of carbonyl (C=O) groups is 2. The predicted octanol–water partition coefficient (Wildman–Crippen LogP) is 6.22. The molecule has 11 heteroatoms. The molecule has 0 unspecified atom stereocenters. The zero-order valence-corrected chi connectivity index (χ0v) is 29.8. The highest BCUT2D eigenvalue weighted by molar-refractivity contribution is 9.10. The second-order valence-corrected chi connectivity index (χ2v) is 12.2. The van der Waals surface area contributed by atoms with Gasteiger partial charge < -0.3 is 23.5 Å². The molecular formula is C36H47BrN2O8. The fraction of sp³-hybridized carbons (Fsp3) is 0.500. The second kappa shape index (κ2) is 19.1. The van der Waals surface area contributed by atoms with Gasteiger partial charge in [-0.3, -0.25) is 19.0 Å². The number of hydrogen-bond donors (Lipinski definition) is 0. The van der Waals surface area contributed by atoms with Gasteiger partial charge in [-0.25, -0.2) is 4.79 Å². The molecule has 1 heterocycles. The fourth-order valence-corrected chi connectivity index (χ4v) is 5.86. The van der Waals surface area contributed by atoms with Gasteiger partial charge in [0.25, 0.3) is 5.56 Å². The molecule has 0 aliphatic heterocycles. The van der Waals surface area contributed by atoms with Gasteiger partial charge in [-0.05, 0) is 93.8 Å². The summed E-state index contributed by atoms with van der Waals surface area (Å²) < 4.78 is 25.6. The predicted molar refractivity (Wildman–Crippen MR) is 185 cm³/mol. The summed E-state index contributed by atoms with van der Waals surface area (Å²) in [6, 6.07) is 11.5. The quantitative estimate of drug-likeness (QED) is 0.106. The monoisotopic (exact) mass is 714 g/mol. The zero-order chi connectivity index (χ0) is 34.3. The summed E-state index contributed by atoms with van der Waals surface area (Å²) >= 11 is 3.53. The Morgan fingerprint density at radius 3 is 2.19 bits per heavy atom. The Balaban J connectivity index is 1.55. The molecule has 47 heavy (non-hydrogen) atoms. The Hall–Kier alpha value is -3.86. The van der Waals surface area contributed by atoms with Crippen LogP contribution in [0.15, 0.2) is 50.5 Å². The lowest BCUT2D eigenvalue weighted by molar-refractivity contribution is -0.144. The van der Waals surface area contributed by atoms with Crippen LogP contribution in [-0.2, 0) is 46.0 Å². The molecule has 0 aliphatic rings. The number of halogens is 1. The zero-order valence-electron chi connectivity index (χ0n) is 28.2. The van der Waals surface area contributed by atoms with Gasteiger partial charge in [0.2, 0.25) is 0 Å². The van der Waals surface area contributed by atoms with Crippen molar-refractivity contribution < 1.29 is 28.5 Å². The number of ether oxygens (including phenoxy) is 4. The number of aromatic nitrogens is 2. The van der Waals surface area contributed by atoms with E-state index in [1.54, 1.807) is 27.8 Å². The largest absolute Gasteiger partial charge is 0.494 e. The Morgan fingerprint density at radius 2 is 1.47 bits per heavy atom. The average molecular weight is 716 g/mol. The molecule has 0 saturated heterocycles. The van der Waals surface area contributed by atoms with E-state index in [1.807, 2.05) is 30.3 Å². The molecule has 3 aromatic rings. The maximum absolute atomic E-state index is 12.9. The number of rotatable bonds is 19. The molecule has 0 atom stereocenters. The van der Waals surface area contributed by atoms with Gasteiger partial charge in [0, 0.05) is 37.1 Å². The summed E-state index contributed by atoms with van der Waals surface area (Å²) in [6.07, 6.45) is 6.30. The molecule has 0 spiro atoms. The Bertz CT molecular complexity index is 1630. The molecule has 10 nitrogen and oxygen atoms in total. The van der Waals surface area contributed by atoms with Crippen LogP contribution in [0.3, 0.4) is 0 Å². The van der Waals surface area contributed by atoms with Gasteiger partial charge in [-0.15, -0.1) is 0 Å². The highest BCUT2D eigenvalue weighted by atomic mass is 79.9. The molecule has 256 valence electrons. The van der Waals surface area contributed by atoms with Crippen molar-refractivity contribution in [3.8, 4) is 22.6 Å². The average Bonchev–Trinajstić information content (AvgIpc) is 3.04. The molecule has 0 radical (unpaired) electrons. The molecular weight excluding hydrogens is 668 g/mol. The van der Waals surface area contributed by atoms with E-state index in [4.69, 9.17) is 18.9 Å². The topological polar surface area (TPSA) is 115 Å². The first-order valence-corrected chi connectivity index (χ1v) is 17.1. The van der Waals surface area contributed by atoms with E-state index < -0.39 is 0 Å². The number of aryl methyl sites for hydroxylation is 1. The first-order valence-electron chi connectivity index (χ1n) is 16.3. The molecule has 3 rings (SSSR count). The summed E-state index contributed by atoms with van der Waals surface area (Å²) in [7, 11) is 3.14. The van der Waals surface area contributed by atoms with Crippen molar-refractivity contribution in [1.82, 2.24) is 9.13 Å². The van der Waals surface area contributed by atoms with Gasteiger partial charge in [0.1, 0.15) is 11.5 Å². The summed E-state index contributed by atoms with van der Waals surface area (Å²) in [5.41, 5.74) is 3.20. The third-order valence-corrected chi connectivity index (χ3v) is 8.39.